The molecule has 2 aromatic heterocycles. The number of hydrogen-bond donors (Lipinski definition) is 6. The number of hydrogen-bond acceptors (Lipinski definition) is 10. The first-order valence-corrected chi connectivity index (χ1v) is 17.3. The first-order chi connectivity index (χ1) is 25.9. The van der Waals surface area contributed by atoms with Gasteiger partial charge in [0.1, 0.15) is 37.8 Å². The fourth-order valence-electron chi connectivity index (χ4n) is 5.51. The summed E-state index contributed by atoms with van der Waals surface area (Å²) in [6.45, 7) is 6.32. The van der Waals surface area contributed by atoms with Crippen LogP contribution in [-0.4, -0.2) is 121 Å². The van der Waals surface area contributed by atoms with E-state index in [0.717, 1.165) is 11.1 Å². The largest absolute Gasteiger partial charge is 0.481 e. The molecule has 0 saturated heterocycles. The highest BCUT2D eigenvalue weighted by Gasteiger charge is 2.34. The van der Waals surface area contributed by atoms with E-state index in [1.54, 1.807) is 6.20 Å². The molecule has 0 aliphatic rings. The summed E-state index contributed by atoms with van der Waals surface area (Å²) >= 11 is 0. The molecule has 19 nitrogen and oxygen atoms in total. The van der Waals surface area contributed by atoms with Gasteiger partial charge in [0, 0.05) is 56.1 Å². The van der Waals surface area contributed by atoms with Crippen molar-refractivity contribution in [1.82, 2.24) is 34.2 Å². The lowest BCUT2D eigenvalue weighted by Gasteiger charge is -2.34. The summed E-state index contributed by atoms with van der Waals surface area (Å²) in [6.07, 6.45) is 10.3. The lowest BCUT2D eigenvalue weighted by molar-refractivity contribution is -0.149. The molecule has 19 heteroatoms. The molecule has 0 saturated carbocycles. The predicted molar refractivity (Wildman–Crippen MR) is 194 cm³/mol. The van der Waals surface area contributed by atoms with Crippen LogP contribution in [0.2, 0.25) is 0 Å². The van der Waals surface area contributed by atoms with Crippen LogP contribution in [-0.2, 0) is 59.7 Å². The zero-order valence-electron chi connectivity index (χ0n) is 30.9. The van der Waals surface area contributed by atoms with Gasteiger partial charge in [0.05, 0.1) is 13.1 Å². The lowest BCUT2D eigenvalue weighted by atomic mass is 9.83. The number of allylic oxidation sites excluding steroid dienone is 4. The maximum atomic E-state index is 13.5. The molecular weight excluding hydrogens is 722 g/mol. The molecule has 55 heavy (non-hydrogen) atoms. The van der Waals surface area contributed by atoms with E-state index in [4.69, 9.17) is 0 Å². The molecule has 0 aliphatic carbocycles. The Labute approximate surface area is 317 Å². The van der Waals surface area contributed by atoms with E-state index in [2.05, 4.69) is 21.9 Å². The topological polar surface area (TPSA) is 275 Å². The SMILES string of the molecule is C=C(C=CC(C)=CC)CCN(Cc1nccn1CC(=O)NC(CCC(=O)O)(CCC(=O)O)CCC(=O)O)Cc1nccn1CC(=O)N(CC(=O)O)CC(=O)O. The molecule has 2 rings (SSSR count). The maximum absolute atomic E-state index is 13.5. The first kappa shape index (κ1) is 45.0. The average Bonchev–Trinajstić information content (AvgIpc) is 3.73. The van der Waals surface area contributed by atoms with Crippen LogP contribution in [0.4, 0.5) is 0 Å². The van der Waals surface area contributed by atoms with E-state index in [1.165, 1.54) is 27.7 Å². The smallest absolute Gasteiger partial charge is 0.323 e. The van der Waals surface area contributed by atoms with Gasteiger partial charge in [0.2, 0.25) is 11.8 Å². The van der Waals surface area contributed by atoms with E-state index in [-0.39, 0.29) is 45.4 Å². The summed E-state index contributed by atoms with van der Waals surface area (Å²) in [5.41, 5.74) is 0.408. The van der Waals surface area contributed by atoms with Crippen LogP contribution in [0.15, 0.2) is 60.7 Å². The number of carboxylic acid groups (broad SMARTS) is 5. The lowest BCUT2D eigenvalue weighted by Crippen LogP contribution is -2.50. The minimum absolute atomic E-state index is 0.130. The van der Waals surface area contributed by atoms with Gasteiger partial charge < -0.3 is 44.9 Å². The Kier molecular flexibility index (Phi) is 18.2. The standard InChI is InChI=1S/C36H49N7O12/c1-4-25(2)5-6-26(3)10-16-40(20-28-38-15-18-42(28)22-30(45)43(23-34(52)53)24-35(54)55)19-27-37-14-17-41(27)21-29(44)39-36(11-7-31(46)47,12-8-32(48)49)13-9-33(50)51/h4-6,14-15,17-18H,3,7-13,16,19-24H2,1-2H3,(H,39,44)(H,46,47)(H,48,49)(H,50,51)(H,52,53)(H,54,55). The molecule has 2 amide bonds. The van der Waals surface area contributed by atoms with Gasteiger partial charge >= 0.3 is 29.8 Å². The van der Waals surface area contributed by atoms with Crippen molar-refractivity contribution in [1.29, 1.82) is 0 Å². The zero-order chi connectivity index (χ0) is 41.1. The van der Waals surface area contributed by atoms with Crippen molar-refractivity contribution >= 4 is 41.7 Å². The monoisotopic (exact) mass is 771 g/mol. The van der Waals surface area contributed by atoms with Crippen molar-refractivity contribution in [3.63, 3.8) is 0 Å². The summed E-state index contributed by atoms with van der Waals surface area (Å²) in [7, 11) is 0. The summed E-state index contributed by atoms with van der Waals surface area (Å²) < 4.78 is 3.01. The number of nitrogens with zero attached hydrogens (tertiary/aromatic N) is 6. The van der Waals surface area contributed by atoms with Gasteiger partial charge in [-0.1, -0.05) is 36.0 Å². The van der Waals surface area contributed by atoms with E-state index in [9.17, 15) is 59.1 Å². The van der Waals surface area contributed by atoms with Crippen LogP contribution < -0.4 is 5.32 Å². The number of carboxylic acids is 5. The molecule has 0 aromatic carbocycles. The van der Waals surface area contributed by atoms with Gasteiger partial charge in [0.25, 0.3) is 0 Å². The van der Waals surface area contributed by atoms with Gasteiger partial charge in [-0.05, 0) is 39.5 Å². The third-order valence-electron chi connectivity index (χ3n) is 8.60. The number of carbonyl (C=O) groups excluding carboxylic acids is 2. The number of rotatable bonds is 27. The molecule has 6 N–H and O–H groups in total. The molecule has 0 atom stereocenters. The minimum atomic E-state index is -1.42. The summed E-state index contributed by atoms with van der Waals surface area (Å²) in [4.78, 5) is 94.8. The van der Waals surface area contributed by atoms with Crippen LogP contribution in [0.5, 0.6) is 0 Å². The van der Waals surface area contributed by atoms with E-state index in [0.29, 0.717) is 29.5 Å². The second-order valence-electron chi connectivity index (χ2n) is 13.0. The molecular formula is C36H49N7O12. The Morgan fingerprint density at radius 1 is 0.745 bits per heavy atom. The molecule has 0 spiro atoms. The van der Waals surface area contributed by atoms with Gasteiger partial charge in [-0.15, -0.1) is 0 Å². The van der Waals surface area contributed by atoms with Crippen LogP contribution >= 0.6 is 0 Å². The molecule has 2 aromatic rings. The van der Waals surface area contributed by atoms with E-state index < -0.39 is 79.6 Å². The number of aromatic nitrogens is 4. The van der Waals surface area contributed by atoms with Gasteiger partial charge in [0.15, 0.2) is 0 Å². The molecule has 0 fully saturated rings. The van der Waals surface area contributed by atoms with Crippen molar-refractivity contribution in [2.45, 2.75) is 90.5 Å². The average molecular weight is 772 g/mol. The van der Waals surface area contributed by atoms with Crippen LogP contribution in [0.1, 0.15) is 70.4 Å². The Morgan fingerprint density at radius 3 is 1.65 bits per heavy atom. The van der Waals surface area contributed by atoms with Gasteiger partial charge in [-0.25, -0.2) is 9.97 Å². The molecule has 2 heterocycles. The number of carbonyl (C=O) groups is 7. The highest BCUT2D eigenvalue weighted by Crippen LogP contribution is 2.26. The zero-order valence-corrected chi connectivity index (χ0v) is 30.9. The maximum Gasteiger partial charge on any atom is 0.323 e. The predicted octanol–water partition coefficient (Wildman–Crippen LogP) is 2.00. The number of aliphatic carboxylic acids is 5. The van der Waals surface area contributed by atoms with Gasteiger partial charge in [-0.3, -0.25) is 38.5 Å². The third-order valence-corrected chi connectivity index (χ3v) is 8.60. The van der Waals surface area contributed by atoms with Crippen molar-refractivity contribution < 1.29 is 59.1 Å². The molecule has 0 bridgehead atoms. The quantitative estimate of drug-likeness (QED) is 0.0709. The summed E-state index contributed by atoms with van der Waals surface area (Å²) in [5.74, 6) is -6.90. The number of amides is 2. The fraction of sp³-hybridized carbons (Fsp3) is 0.472. The van der Waals surface area contributed by atoms with Crippen molar-refractivity contribution in [2.75, 3.05) is 19.6 Å². The van der Waals surface area contributed by atoms with Crippen LogP contribution in [0.25, 0.3) is 0 Å². The minimum Gasteiger partial charge on any atom is -0.481 e. The Hall–Kier alpha value is -6.11. The second kappa shape index (κ2) is 22.2. The molecule has 0 unspecified atom stereocenters. The van der Waals surface area contributed by atoms with E-state index in [1.807, 2.05) is 37.0 Å². The van der Waals surface area contributed by atoms with Crippen LogP contribution in [0, 0.1) is 0 Å². The second-order valence-corrected chi connectivity index (χ2v) is 13.0. The normalized spacial score (nSPS) is 11.8. The highest BCUT2D eigenvalue weighted by molar-refractivity contribution is 5.85. The summed E-state index contributed by atoms with van der Waals surface area (Å²) in [6, 6.07) is 0. The van der Waals surface area contributed by atoms with Crippen molar-refractivity contribution in [3.05, 3.63) is 72.4 Å². The first-order valence-electron chi connectivity index (χ1n) is 17.3. The molecule has 0 aliphatic heterocycles. The van der Waals surface area contributed by atoms with Gasteiger partial charge in [-0.2, -0.15) is 0 Å². The Bertz CT molecular complexity index is 1700. The molecule has 300 valence electrons. The van der Waals surface area contributed by atoms with Crippen molar-refractivity contribution in [2.24, 2.45) is 0 Å². The fourth-order valence-corrected chi connectivity index (χ4v) is 5.51. The Morgan fingerprint density at radius 2 is 1.22 bits per heavy atom. The van der Waals surface area contributed by atoms with Crippen LogP contribution in [0.3, 0.4) is 0 Å². The third kappa shape index (κ3) is 17.1. The number of imidazole rings is 2. The van der Waals surface area contributed by atoms with Crippen molar-refractivity contribution in [3.8, 4) is 0 Å². The summed E-state index contributed by atoms with van der Waals surface area (Å²) in [5, 5.41) is 49.1. The Balaban J connectivity index is 2.37. The van der Waals surface area contributed by atoms with E-state index >= 15 is 0 Å². The molecule has 0 radical (unpaired) electrons. The highest BCUT2D eigenvalue weighted by atomic mass is 16.4. The number of nitrogens with one attached hydrogen (secondary N) is 1.